The van der Waals surface area contributed by atoms with Crippen LogP contribution in [0.4, 0.5) is 8.78 Å². The first-order chi connectivity index (χ1) is 6.50. The van der Waals surface area contributed by atoms with E-state index in [1.807, 2.05) is 0 Å². The number of hydrogen-bond acceptors (Lipinski definition) is 1. The van der Waals surface area contributed by atoms with Gasteiger partial charge in [0.25, 0.3) is 0 Å². The van der Waals surface area contributed by atoms with Crippen LogP contribution < -0.4 is 0 Å². The van der Waals surface area contributed by atoms with Crippen LogP contribution in [0.2, 0.25) is 0 Å². The lowest BCUT2D eigenvalue weighted by Gasteiger charge is -2.14. The standard InChI is InChI=1S/C10H11F2NO/c1-7(14)13(2)6-8-3-4-9(11)5-10(8)12/h3-5H,6H2,1-2H3. The van der Waals surface area contributed by atoms with Crippen LogP contribution in [0.3, 0.4) is 0 Å². The van der Waals surface area contributed by atoms with E-state index in [0.717, 1.165) is 6.07 Å². The van der Waals surface area contributed by atoms with Gasteiger partial charge in [-0.2, -0.15) is 0 Å². The molecule has 1 amide bonds. The maximum Gasteiger partial charge on any atom is 0.219 e. The summed E-state index contributed by atoms with van der Waals surface area (Å²) in [7, 11) is 1.56. The van der Waals surface area contributed by atoms with Crippen LogP contribution in [0.1, 0.15) is 12.5 Å². The normalized spacial score (nSPS) is 10.0. The molecule has 0 aromatic heterocycles. The fourth-order valence-corrected chi connectivity index (χ4v) is 1.02. The molecule has 2 nitrogen and oxygen atoms in total. The SMILES string of the molecule is CC(=O)N(C)Cc1ccc(F)cc1F. The predicted molar refractivity (Wildman–Crippen MR) is 48.5 cm³/mol. The molecule has 0 heterocycles. The van der Waals surface area contributed by atoms with E-state index in [4.69, 9.17) is 0 Å². The van der Waals surface area contributed by atoms with E-state index < -0.39 is 11.6 Å². The zero-order valence-corrected chi connectivity index (χ0v) is 8.05. The van der Waals surface area contributed by atoms with Crippen LogP contribution in [0, 0.1) is 11.6 Å². The van der Waals surface area contributed by atoms with Crippen LogP contribution in [-0.2, 0) is 11.3 Å². The van der Waals surface area contributed by atoms with Gasteiger partial charge in [0.15, 0.2) is 0 Å². The minimum atomic E-state index is -0.627. The summed E-state index contributed by atoms with van der Waals surface area (Å²) in [6.07, 6.45) is 0. The molecule has 0 saturated carbocycles. The summed E-state index contributed by atoms with van der Waals surface area (Å²) in [6, 6.07) is 3.32. The largest absolute Gasteiger partial charge is 0.342 e. The molecular weight excluding hydrogens is 188 g/mol. The van der Waals surface area contributed by atoms with Gasteiger partial charge in [0.05, 0.1) is 0 Å². The zero-order valence-electron chi connectivity index (χ0n) is 8.05. The van der Waals surface area contributed by atoms with Crippen molar-refractivity contribution >= 4 is 5.91 Å². The number of carbonyl (C=O) groups excluding carboxylic acids is 1. The molecule has 0 atom stereocenters. The van der Waals surface area contributed by atoms with Gasteiger partial charge in [0, 0.05) is 32.1 Å². The van der Waals surface area contributed by atoms with Crippen molar-refractivity contribution in [1.82, 2.24) is 4.90 Å². The number of rotatable bonds is 2. The van der Waals surface area contributed by atoms with Crippen molar-refractivity contribution in [3.8, 4) is 0 Å². The predicted octanol–water partition coefficient (Wildman–Crippen LogP) is 1.94. The average molecular weight is 199 g/mol. The van der Waals surface area contributed by atoms with Gasteiger partial charge in [-0.15, -0.1) is 0 Å². The van der Waals surface area contributed by atoms with Gasteiger partial charge in [0.1, 0.15) is 11.6 Å². The maximum atomic E-state index is 13.1. The molecule has 0 unspecified atom stereocenters. The molecule has 0 aliphatic carbocycles. The summed E-state index contributed by atoms with van der Waals surface area (Å²) >= 11 is 0. The van der Waals surface area contributed by atoms with Crippen LogP contribution >= 0.6 is 0 Å². The molecule has 0 aliphatic rings. The molecule has 0 spiro atoms. The van der Waals surface area contributed by atoms with Crippen LogP contribution in [0.25, 0.3) is 0 Å². The first-order valence-corrected chi connectivity index (χ1v) is 4.16. The molecule has 0 aliphatic heterocycles. The lowest BCUT2D eigenvalue weighted by Crippen LogP contribution is -2.23. The van der Waals surface area contributed by atoms with Crippen LogP contribution in [0.15, 0.2) is 18.2 Å². The summed E-state index contributed by atoms with van der Waals surface area (Å²) in [5.74, 6) is -1.40. The Morgan fingerprint density at radius 3 is 2.57 bits per heavy atom. The van der Waals surface area contributed by atoms with Crippen molar-refractivity contribution in [2.24, 2.45) is 0 Å². The Hall–Kier alpha value is -1.45. The third kappa shape index (κ3) is 2.52. The summed E-state index contributed by atoms with van der Waals surface area (Å²) in [5, 5.41) is 0. The van der Waals surface area contributed by atoms with Gasteiger partial charge in [-0.25, -0.2) is 8.78 Å². The highest BCUT2D eigenvalue weighted by Gasteiger charge is 2.08. The molecule has 76 valence electrons. The molecule has 14 heavy (non-hydrogen) atoms. The fraction of sp³-hybridized carbons (Fsp3) is 0.300. The van der Waals surface area contributed by atoms with E-state index >= 15 is 0 Å². The second-order valence-corrected chi connectivity index (χ2v) is 3.11. The third-order valence-corrected chi connectivity index (χ3v) is 1.96. The highest BCUT2D eigenvalue weighted by molar-refractivity contribution is 5.72. The number of benzene rings is 1. The van der Waals surface area contributed by atoms with Gasteiger partial charge < -0.3 is 4.90 Å². The molecule has 0 saturated heterocycles. The van der Waals surface area contributed by atoms with Crippen molar-refractivity contribution in [2.45, 2.75) is 13.5 Å². The van der Waals surface area contributed by atoms with Gasteiger partial charge >= 0.3 is 0 Å². The summed E-state index contributed by atoms with van der Waals surface area (Å²) in [6.45, 7) is 1.54. The Morgan fingerprint density at radius 1 is 1.43 bits per heavy atom. The summed E-state index contributed by atoms with van der Waals surface area (Å²) in [4.78, 5) is 12.2. The smallest absolute Gasteiger partial charge is 0.219 e. The summed E-state index contributed by atoms with van der Waals surface area (Å²) < 4.78 is 25.6. The van der Waals surface area contributed by atoms with Gasteiger partial charge in [-0.1, -0.05) is 6.07 Å². The molecule has 0 N–H and O–H groups in total. The lowest BCUT2D eigenvalue weighted by molar-refractivity contribution is -0.128. The van der Waals surface area contributed by atoms with Crippen molar-refractivity contribution in [2.75, 3.05) is 7.05 Å². The van der Waals surface area contributed by atoms with E-state index in [0.29, 0.717) is 5.56 Å². The number of nitrogens with zero attached hydrogens (tertiary/aromatic N) is 1. The van der Waals surface area contributed by atoms with Crippen molar-refractivity contribution in [3.05, 3.63) is 35.4 Å². The lowest BCUT2D eigenvalue weighted by atomic mass is 10.2. The monoisotopic (exact) mass is 199 g/mol. The Balaban J connectivity index is 2.82. The molecule has 0 bridgehead atoms. The molecule has 1 rings (SSSR count). The first kappa shape index (κ1) is 10.6. The number of amides is 1. The van der Waals surface area contributed by atoms with Crippen LogP contribution in [0.5, 0.6) is 0 Å². The van der Waals surface area contributed by atoms with E-state index in [2.05, 4.69) is 0 Å². The van der Waals surface area contributed by atoms with Crippen molar-refractivity contribution in [1.29, 1.82) is 0 Å². The number of halogens is 2. The number of carbonyl (C=O) groups is 1. The average Bonchev–Trinajstić information content (AvgIpc) is 2.09. The highest BCUT2D eigenvalue weighted by Crippen LogP contribution is 2.11. The Morgan fingerprint density at radius 2 is 2.07 bits per heavy atom. The van der Waals surface area contributed by atoms with Gasteiger partial charge in [-0.3, -0.25) is 4.79 Å². The molecule has 0 radical (unpaired) electrons. The minimum Gasteiger partial charge on any atom is -0.342 e. The molecular formula is C10H11F2NO. The maximum absolute atomic E-state index is 13.1. The Labute approximate surface area is 81.1 Å². The second-order valence-electron chi connectivity index (χ2n) is 3.11. The Bertz CT molecular complexity index is 352. The third-order valence-electron chi connectivity index (χ3n) is 1.96. The molecule has 0 fully saturated rings. The second kappa shape index (κ2) is 4.17. The van der Waals surface area contributed by atoms with E-state index in [9.17, 15) is 13.6 Å². The zero-order chi connectivity index (χ0) is 10.7. The minimum absolute atomic E-state index is 0.154. The molecule has 1 aromatic rings. The van der Waals surface area contributed by atoms with E-state index in [-0.39, 0.29) is 12.5 Å². The topological polar surface area (TPSA) is 20.3 Å². The van der Waals surface area contributed by atoms with Gasteiger partial charge in [-0.05, 0) is 6.07 Å². The van der Waals surface area contributed by atoms with E-state index in [1.165, 1.54) is 24.0 Å². The van der Waals surface area contributed by atoms with E-state index in [1.54, 1.807) is 7.05 Å². The molecule has 4 heteroatoms. The van der Waals surface area contributed by atoms with Crippen molar-refractivity contribution in [3.63, 3.8) is 0 Å². The number of hydrogen-bond donors (Lipinski definition) is 0. The first-order valence-electron chi connectivity index (χ1n) is 4.16. The molecule has 1 aromatic carbocycles. The van der Waals surface area contributed by atoms with Gasteiger partial charge in [0.2, 0.25) is 5.91 Å². The summed E-state index contributed by atoms with van der Waals surface area (Å²) in [5.41, 5.74) is 0.309. The highest BCUT2D eigenvalue weighted by atomic mass is 19.1. The van der Waals surface area contributed by atoms with Crippen molar-refractivity contribution < 1.29 is 13.6 Å². The Kier molecular flexibility index (Phi) is 3.17. The van der Waals surface area contributed by atoms with Crippen LogP contribution in [-0.4, -0.2) is 17.9 Å². The quantitative estimate of drug-likeness (QED) is 0.712. The fourth-order valence-electron chi connectivity index (χ4n) is 1.02.